The minimum atomic E-state index is 0. The van der Waals surface area contributed by atoms with E-state index in [1.54, 1.807) is 32.1 Å². The monoisotopic (exact) mass is 237 g/mol. The van der Waals surface area contributed by atoms with Crippen molar-refractivity contribution in [1.82, 2.24) is 4.90 Å². The Balaban J connectivity index is 0.000000120. The molecule has 2 saturated carbocycles. The summed E-state index contributed by atoms with van der Waals surface area (Å²) in [6.45, 7) is 4.18. The normalized spacial score (nSPS) is 42.4. The van der Waals surface area contributed by atoms with Gasteiger partial charge in [-0.15, -0.1) is 0 Å². The standard InChI is InChI=1S/C8H14.C7H13N.CH4/c1-2-7-4-5-8(3-1)6-7;1-4-8-5-2-7(1)3-6-8;/h7-8H,1-6H2;7H,1-6H2;1H4. The molecule has 3 saturated heterocycles. The van der Waals surface area contributed by atoms with Crippen molar-refractivity contribution in [2.45, 2.75) is 65.2 Å². The molecule has 5 rings (SSSR count). The fourth-order valence-corrected chi connectivity index (χ4v) is 4.26. The van der Waals surface area contributed by atoms with Gasteiger partial charge < -0.3 is 4.90 Å². The van der Waals surface area contributed by atoms with Gasteiger partial charge in [0.2, 0.25) is 0 Å². The molecular weight excluding hydrogens is 206 g/mol. The van der Waals surface area contributed by atoms with Crippen molar-refractivity contribution < 1.29 is 0 Å². The minimum absolute atomic E-state index is 0. The van der Waals surface area contributed by atoms with E-state index in [0.29, 0.717) is 0 Å². The molecule has 0 aromatic rings. The highest BCUT2D eigenvalue weighted by atomic mass is 15.1. The summed E-state index contributed by atoms with van der Waals surface area (Å²) in [4.78, 5) is 2.58. The second-order valence-electron chi connectivity index (χ2n) is 6.55. The number of fused-ring (bicyclic) bond motifs is 5. The van der Waals surface area contributed by atoms with Crippen LogP contribution < -0.4 is 0 Å². The Hall–Kier alpha value is -0.0400. The van der Waals surface area contributed by atoms with Crippen molar-refractivity contribution in [2.75, 3.05) is 19.6 Å². The summed E-state index contributed by atoms with van der Waals surface area (Å²) < 4.78 is 0. The average Bonchev–Trinajstić information content (AvgIpc) is 2.72. The van der Waals surface area contributed by atoms with Crippen molar-refractivity contribution in [3.63, 3.8) is 0 Å². The van der Waals surface area contributed by atoms with Crippen LogP contribution in [-0.2, 0) is 0 Å². The maximum absolute atomic E-state index is 2.58. The third kappa shape index (κ3) is 3.47. The lowest BCUT2D eigenvalue weighted by Gasteiger charge is -2.38. The first-order chi connectivity index (χ1) is 7.90. The van der Waals surface area contributed by atoms with E-state index in [9.17, 15) is 0 Å². The molecule has 0 amide bonds. The summed E-state index contributed by atoms with van der Waals surface area (Å²) in [5.74, 6) is 3.43. The van der Waals surface area contributed by atoms with Crippen LogP contribution in [0.25, 0.3) is 0 Å². The van der Waals surface area contributed by atoms with E-state index in [-0.39, 0.29) is 7.43 Å². The predicted octanol–water partition coefficient (Wildman–Crippen LogP) is 4.32. The van der Waals surface area contributed by atoms with Gasteiger partial charge in [-0.1, -0.05) is 39.5 Å². The maximum Gasteiger partial charge on any atom is -0.00161 e. The zero-order chi connectivity index (χ0) is 10.8. The Morgan fingerprint density at radius 1 is 0.588 bits per heavy atom. The van der Waals surface area contributed by atoms with Crippen molar-refractivity contribution in [1.29, 1.82) is 0 Å². The molecule has 0 aromatic carbocycles. The van der Waals surface area contributed by atoms with Crippen molar-refractivity contribution in [3.8, 4) is 0 Å². The average molecular weight is 237 g/mol. The molecule has 1 nitrogen and oxygen atoms in total. The molecule has 3 heterocycles. The maximum atomic E-state index is 2.58. The predicted molar refractivity (Wildman–Crippen MR) is 75.2 cm³/mol. The van der Waals surface area contributed by atoms with Gasteiger partial charge in [-0.25, -0.2) is 0 Å². The third-order valence-corrected chi connectivity index (χ3v) is 5.44. The molecule has 5 aliphatic rings. The summed E-state index contributed by atoms with van der Waals surface area (Å²) >= 11 is 0. The fourth-order valence-electron chi connectivity index (χ4n) is 4.26. The van der Waals surface area contributed by atoms with Crippen LogP contribution in [0.3, 0.4) is 0 Å². The van der Waals surface area contributed by atoms with Gasteiger partial charge in [-0.05, 0) is 63.1 Å². The molecule has 2 aliphatic carbocycles. The topological polar surface area (TPSA) is 3.24 Å². The quantitative estimate of drug-likeness (QED) is 0.606. The van der Waals surface area contributed by atoms with Crippen LogP contribution in [-0.4, -0.2) is 24.5 Å². The summed E-state index contributed by atoms with van der Waals surface area (Å²) in [6.07, 6.45) is 13.8. The van der Waals surface area contributed by atoms with E-state index in [1.165, 1.54) is 45.3 Å². The number of hydrogen-bond donors (Lipinski definition) is 0. The highest BCUT2D eigenvalue weighted by Gasteiger charge is 2.27. The molecule has 0 N–H and O–H groups in total. The summed E-state index contributed by atoms with van der Waals surface area (Å²) in [6, 6.07) is 0. The van der Waals surface area contributed by atoms with Crippen molar-refractivity contribution >= 4 is 0 Å². The number of piperidine rings is 3. The van der Waals surface area contributed by atoms with E-state index in [0.717, 1.165) is 17.8 Å². The second kappa shape index (κ2) is 6.22. The lowest BCUT2D eigenvalue weighted by molar-refractivity contribution is 0.111. The first-order valence-corrected chi connectivity index (χ1v) is 7.62. The minimum Gasteiger partial charge on any atom is -0.303 e. The van der Waals surface area contributed by atoms with Gasteiger partial charge in [0.25, 0.3) is 0 Å². The van der Waals surface area contributed by atoms with E-state index in [4.69, 9.17) is 0 Å². The fraction of sp³-hybridized carbons (Fsp3) is 1.00. The molecule has 100 valence electrons. The van der Waals surface area contributed by atoms with Crippen LogP contribution in [0.5, 0.6) is 0 Å². The molecule has 0 radical (unpaired) electrons. The summed E-state index contributed by atoms with van der Waals surface area (Å²) in [5, 5.41) is 0. The molecule has 2 atom stereocenters. The molecule has 1 heteroatoms. The van der Waals surface area contributed by atoms with Crippen LogP contribution in [0, 0.1) is 17.8 Å². The second-order valence-corrected chi connectivity index (χ2v) is 6.55. The molecule has 5 fully saturated rings. The number of rotatable bonds is 0. The molecule has 0 spiro atoms. The van der Waals surface area contributed by atoms with E-state index < -0.39 is 0 Å². The van der Waals surface area contributed by atoms with Gasteiger partial charge in [0.15, 0.2) is 0 Å². The molecule has 0 aromatic heterocycles. The smallest absolute Gasteiger partial charge is 0.00161 e. The Bertz CT molecular complexity index is 168. The van der Waals surface area contributed by atoms with Gasteiger partial charge >= 0.3 is 0 Å². The zero-order valence-corrected chi connectivity index (χ0v) is 10.7. The Morgan fingerprint density at radius 2 is 1.12 bits per heavy atom. The zero-order valence-electron chi connectivity index (χ0n) is 10.7. The Kier molecular flexibility index (Phi) is 4.90. The van der Waals surface area contributed by atoms with Gasteiger partial charge in [-0.2, -0.15) is 0 Å². The van der Waals surface area contributed by atoms with Crippen LogP contribution >= 0.6 is 0 Å². The van der Waals surface area contributed by atoms with Gasteiger partial charge in [-0.3, -0.25) is 0 Å². The van der Waals surface area contributed by atoms with Crippen LogP contribution in [0.15, 0.2) is 0 Å². The van der Waals surface area contributed by atoms with E-state index in [2.05, 4.69) is 4.90 Å². The Morgan fingerprint density at radius 3 is 1.41 bits per heavy atom. The van der Waals surface area contributed by atoms with Crippen molar-refractivity contribution in [2.24, 2.45) is 17.8 Å². The molecule has 3 aliphatic heterocycles. The summed E-state index contributed by atoms with van der Waals surface area (Å²) in [7, 11) is 0. The first kappa shape index (κ1) is 13.4. The van der Waals surface area contributed by atoms with E-state index in [1.807, 2.05) is 0 Å². The lowest BCUT2D eigenvalue weighted by atomic mass is 9.89. The van der Waals surface area contributed by atoms with Gasteiger partial charge in [0, 0.05) is 0 Å². The molecule has 4 bridgehead atoms. The first-order valence-electron chi connectivity index (χ1n) is 7.62. The lowest BCUT2D eigenvalue weighted by Crippen LogP contribution is -2.41. The van der Waals surface area contributed by atoms with Crippen LogP contribution in [0.1, 0.15) is 65.2 Å². The highest BCUT2D eigenvalue weighted by molar-refractivity contribution is 4.80. The molecule has 2 unspecified atom stereocenters. The largest absolute Gasteiger partial charge is 0.303 e. The Labute approximate surface area is 108 Å². The number of nitrogens with zero attached hydrogens (tertiary/aromatic N) is 1. The third-order valence-electron chi connectivity index (χ3n) is 5.44. The number of hydrogen-bond acceptors (Lipinski definition) is 1. The molecular formula is C16H31N. The summed E-state index contributed by atoms with van der Waals surface area (Å²) in [5.41, 5.74) is 0. The molecule has 17 heavy (non-hydrogen) atoms. The van der Waals surface area contributed by atoms with E-state index >= 15 is 0 Å². The SMILES string of the molecule is C.C1CC2CCC(C1)C2.C1CN2CCC1CC2. The van der Waals surface area contributed by atoms with Gasteiger partial charge in [0.1, 0.15) is 0 Å². The van der Waals surface area contributed by atoms with Crippen LogP contribution in [0.4, 0.5) is 0 Å². The van der Waals surface area contributed by atoms with Gasteiger partial charge in [0.05, 0.1) is 0 Å². The van der Waals surface area contributed by atoms with Crippen molar-refractivity contribution in [3.05, 3.63) is 0 Å². The van der Waals surface area contributed by atoms with Crippen LogP contribution in [0.2, 0.25) is 0 Å². The highest BCUT2D eigenvalue weighted by Crippen LogP contribution is 2.41.